The monoisotopic (exact) mass is 368 g/mol. The topological polar surface area (TPSA) is 70.1 Å². The highest BCUT2D eigenvalue weighted by atomic mass is 16.5. The molecule has 0 aliphatic carbocycles. The summed E-state index contributed by atoms with van der Waals surface area (Å²) in [4.78, 5) is 28.1. The summed E-state index contributed by atoms with van der Waals surface area (Å²) in [6.07, 6.45) is 0. The van der Waals surface area contributed by atoms with E-state index in [-0.39, 0.29) is 25.0 Å². The molecule has 0 unspecified atom stereocenters. The molecule has 0 aromatic heterocycles. The van der Waals surface area contributed by atoms with Crippen LogP contribution in [0.3, 0.4) is 0 Å². The Balaban J connectivity index is 1.49. The molecule has 0 radical (unpaired) electrons. The molecule has 0 spiro atoms. The predicted molar refractivity (Wildman–Crippen MR) is 101 cm³/mol. The van der Waals surface area contributed by atoms with Gasteiger partial charge in [0.25, 0.3) is 0 Å². The molecule has 2 aromatic rings. The summed E-state index contributed by atoms with van der Waals surface area (Å²) in [6, 6.07) is 14.6. The van der Waals surface area contributed by atoms with E-state index in [4.69, 9.17) is 4.74 Å². The van der Waals surface area contributed by atoms with Crippen molar-refractivity contribution in [3.8, 4) is 0 Å². The van der Waals surface area contributed by atoms with Crippen molar-refractivity contribution in [2.75, 3.05) is 39.9 Å². The molecule has 1 N–H and O–H groups in total. The van der Waals surface area contributed by atoms with Crippen LogP contribution in [-0.4, -0.2) is 66.7 Å². The van der Waals surface area contributed by atoms with Crippen LogP contribution in [0.2, 0.25) is 0 Å². The van der Waals surface area contributed by atoms with Crippen LogP contribution in [0.4, 0.5) is 0 Å². The van der Waals surface area contributed by atoms with Crippen molar-refractivity contribution in [1.29, 1.82) is 0 Å². The molecule has 27 heavy (non-hydrogen) atoms. The van der Waals surface area contributed by atoms with Gasteiger partial charge in [-0.05, 0) is 22.4 Å². The molecule has 1 amide bonds. The van der Waals surface area contributed by atoms with Gasteiger partial charge in [0.1, 0.15) is 12.0 Å². The Kier molecular flexibility index (Phi) is 4.61. The van der Waals surface area contributed by atoms with Crippen molar-refractivity contribution >= 4 is 22.6 Å². The van der Waals surface area contributed by atoms with Crippen LogP contribution >= 0.6 is 0 Å². The van der Waals surface area contributed by atoms with Crippen LogP contribution in [0, 0.1) is 11.3 Å². The van der Waals surface area contributed by atoms with E-state index in [9.17, 15) is 14.7 Å². The lowest BCUT2D eigenvalue weighted by Gasteiger charge is -2.25. The molecular formula is C21H24N2O4. The average Bonchev–Trinajstić information content (AvgIpc) is 3.17. The largest absolute Gasteiger partial charge is 0.481 e. The van der Waals surface area contributed by atoms with Crippen molar-refractivity contribution in [3.63, 3.8) is 0 Å². The van der Waals surface area contributed by atoms with E-state index >= 15 is 0 Å². The van der Waals surface area contributed by atoms with Gasteiger partial charge in [-0.3, -0.25) is 14.5 Å². The zero-order valence-electron chi connectivity index (χ0n) is 15.4. The van der Waals surface area contributed by atoms with E-state index in [2.05, 4.69) is 35.2 Å². The van der Waals surface area contributed by atoms with Gasteiger partial charge in [0.15, 0.2) is 0 Å². The Morgan fingerprint density at radius 3 is 2.63 bits per heavy atom. The van der Waals surface area contributed by atoms with E-state index in [1.807, 2.05) is 12.1 Å². The second-order valence-corrected chi connectivity index (χ2v) is 7.72. The number of likely N-dealkylation sites (tertiary alicyclic amines) is 2. The Bertz CT molecular complexity index is 883. The first-order valence-electron chi connectivity index (χ1n) is 9.22. The number of carbonyl (C=O) groups is 2. The normalized spacial score (nSPS) is 25.1. The Hall–Kier alpha value is -2.44. The number of hydrogen-bond acceptors (Lipinski definition) is 4. The fraction of sp³-hybridized carbons (Fsp3) is 0.429. The summed E-state index contributed by atoms with van der Waals surface area (Å²) >= 11 is 0. The Morgan fingerprint density at radius 2 is 1.93 bits per heavy atom. The zero-order valence-corrected chi connectivity index (χ0v) is 15.4. The maximum Gasteiger partial charge on any atom is 0.313 e. The number of carbonyl (C=O) groups excluding carboxylic acids is 1. The minimum Gasteiger partial charge on any atom is -0.481 e. The third kappa shape index (κ3) is 3.19. The summed E-state index contributed by atoms with van der Waals surface area (Å²) in [7, 11) is 1.48. The van der Waals surface area contributed by atoms with Crippen molar-refractivity contribution in [3.05, 3.63) is 48.0 Å². The third-order valence-electron chi connectivity index (χ3n) is 5.95. The van der Waals surface area contributed by atoms with Gasteiger partial charge in [-0.2, -0.15) is 0 Å². The number of fused-ring (bicyclic) bond motifs is 2. The van der Waals surface area contributed by atoms with Gasteiger partial charge in [0, 0.05) is 45.8 Å². The molecule has 142 valence electrons. The van der Waals surface area contributed by atoms with Gasteiger partial charge >= 0.3 is 5.97 Å². The third-order valence-corrected chi connectivity index (χ3v) is 5.95. The molecule has 4 rings (SSSR count). The zero-order chi connectivity index (χ0) is 19.0. The molecule has 2 aromatic carbocycles. The van der Waals surface area contributed by atoms with E-state index < -0.39 is 11.4 Å². The van der Waals surface area contributed by atoms with Crippen molar-refractivity contribution in [2.24, 2.45) is 11.3 Å². The number of benzene rings is 2. The van der Waals surface area contributed by atoms with Crippen LogP contribution in [0.15, 0.2) is 42.5 Å². The lowest BCUT2D eigenvalue weighted by Crippen LogP contribution is -2.42. The van der Waals surface area contributed by atoms with Gasteiger partial charge < -0.3 is 14.7 Å². The molecule has 0 saturated carbocycles. The molecule has 2 aliphatic heterocycles. The Morgan fingerprint density at radius 1 is 1.15 bits per heavy atom. The minimum atomic E-state index is -0.875. The fourth-order valence-electron chi connectivity index (χ4n) is 4.59. The standard InChI is InChI=1S/C21H24N2O4/c1-27-12-19(24)23-11-18-10-22(13-21(18,14-23)20(25)26)9-15-6-7-16-4-2-3-5-17(16)8-15/h2-8,18H,9-14H2,1H3,(H,25,26)/t18-,21-/m1/s1. The molecule has 6 nitrogen and oxygen atoms in total. The average molecular weight is 368 g/mol. The number of nitrogens with zero attached hydrogens (tertiary/aromatic N) is 2. The first-order chi connectivity index (χ1) is 13.0. The number of ether oxygens (including phenoxy) is 1. The highest BCUT2D eigenvalue weighted by Gasteiger charge is 2.58. The lowest BCUT2D eigenvalue weighted by atomic mass is 9.81. The fourth-order valence-corrected chi connectivity index (χ4v) is 4.59. The molecule has 2 saturated heterocycles. The van der Waals surface area contributed by atoms with Crippen LogP contribution in [0.1, 0.15) is 5.56 Å². The maximum absolute atomic E-state index is 12.1. The summed E-state index contributed by atoms with van der Waals surface area (Å²) in [5.74, 6) is -0.980. The van der Waals surface area contributed by atoms with Gasteiger partial charge in [-0.25, -0.2) is 0 Å². The van der Waals surface area contributed by atoms with Crippen LogP contribution in [0.5, 0.6) is 0 Å². The molecule has 2 aliphatic rings. The van der Waals surface area contributed by atoms with Gasteiger partial charge in [-0.1, -0.05) is 36.4 Å². The molecule has 2 atom stereocenters. The first-order valence-corrected chi connectivity index (χ1v) is 9.22. The van der Waals surface area contributed by atoms with Crippen LogP contribution in [0.25, 0.3) is 10.8 Å². The van der Waals surface area contributed by atoms with E-state index in [0.717, 1.165) is 6.54 Å². The molecule has 2 fully saturated rings. The molecular weight excluding hydrogens is 344 g/mol. The molecule has 6 heteroatoms. The van der Waals surface area contributed by atoms with Crippen LogP contribution in [-0.2, 0) is 20.9 Å². The van der Waals surface area contributed by atoms with Gasteiger partial charge in [0.2, 0.25) is 5.91 Å². The first kappa shape index (κ1) is 17.9. The summed E-state index contributed by atoms with van der Waals surface area (Å²) in [6.45, 7) is 2.64. The summed E-state index contributed by atoms with van der Waals surface area (Å²) in [5, 5.41) is 12.3. The summed E-state index contributed by atoms with van der Waals surface area (Å²) in [5.41, 5.74) is 0.307. The quantitative estimate of drug-likeness (QED) is 0.872. The van der Waals surface area contributed by atoms with Crippen LogP contribution < -0.4 is 0 Å². The SMILES string of the molecule is COCC(=O)N1C[C@H]2CN(Cc3ccc4ccccc4c3)C[C@@]2(C(=O)O)C1. The number of amides is 1. The molecule has 2 heterocycles. The number of carboxylic acid groups (broad SMARTS) is 1. The molecule has 0 bridgehead atoms. The highest BCUT2D eigenvalue weighted by molar-refractivity contribution is 5.83. The highest BCUT2D eigenvalue weighted by Crippen LogP contribution is 2.43. The predicted octanol–water partition coefficient (Wildman–Crippen LogP) is 1.83. The number of methoxy groups -OCH3 is 1. The number of rotatable bonds is 5. The van der Waals surface area contributed by atoms with Gasteiger partial charge in [-0.15, -0.1) is 0 Å². The lowest BCUT2D eigenvalue weighted by molar-refractivity contribution is -0.149. The smallest absolute Gasteiger partial charge is 0.313 e. The minimum absolute atomic E-state index is 0.00320. The Labute approximate surface area is 158 Å². The van der Waals surface area contributed by atoms with E-state index in [0.29, 0.717) is 19.6 Å². The number of hydrogen-bond donors (Lipinski definition) is 1. The van der Waals surface area contributed by atoms with Crippen molar-refractivity contribution < 1.29 is 19.4 Å². The number of aliphatic carboxylic acids is 1. The van der Waals surface area contributed by atoms with Gasteiger partial charge in [0.05, 0.1) is 0 Å². The number of carboxylic acids is 1. The van der Waals surface area contributed by atoms with Crippen molar-refractivity contribution in [2.45, 2.75) is 6.54 Å². The second kappa shape index (κ2) is 6.94. The summed E-state index contributed by atoms with van der Waals surface area (Å²) < 4.78 is 4.92. The maximum atomic E-state index is 12.1. The van der Waals surface area contributed by atoms with Crippen molar-refractivity contribution in [1.82, 2.24) is 9.80 Å². The van der Waals surface area contributed by atoms with E-state index in [1.165, 1.54) is 23.4 Å². The van der Waals surface area contributed by atoms with E-state index in [1.54, 1.807) is 4.90 Å². The second-order valence-electron chi connectivity index (χ2n) is 7.72.